The molecule has 1 heterocycles. The number of carbonyl (C=O) groups excluding carboxylic acids is 2. The molecule has 0 saturated carbocycles. The van der Waals surface area contributed by atoms with E-state index in [1.165, 1.54) is 0 Å². The van der Waals surface area contributed by atoms with Crippen LogP contribution < -0.4 is 0 Å². The van der Waals surface area contributed by atoms with Gasteiger partial charge in [0.25, 0.3) is 0 Å². The highest BCUT2D eigenvalue weighted by Crippen LogP contribution is 2.25. The van der Waals surface area contributed by atoms with Gasteiger partial charge in [0.05, 0.1) is 0 Å². The van der Waals surface area contributed by atoms with Crippen molar-refractivity contribution in [3.8, 4) is 0 Å². The van der Waals surface area contributed by atoms with Gasteiger partial charge in [-0.3, -0.25) is 9.59 Å². The van der Waals surface area contributed by atoms with E-state index in [0.717, 1.165) is 29.8 Å². The molecule has 3 heteroatoms. The van der Waals surface area contributed by atoms with Crippen LogP contribution in [-0.4, -0.2) is 29.7 Å². The molecule has 0 unspecified atom stereocenters. The molecule has 0 atom stereocenters. The number of nitrogens with zero attached hydrogens (tertiary/aromatic N) is 1. The lowest BCUT2D eigenvalue weighted by Gasteiger charge is -2.20. The highest BCUT2D eigenvalue weighted by molar-refractivity contribution is 5.99. The van der Waals surface area contributed by atoms with Gasteiger partial charge in [0.15, 0.2) is 5.78 Å². The fourth-order valence-electron chi connectivity index (χ4n) is 2.20. The Labute approximate surface area is 121 Å². The Morgan fingerprint density at radius 2 is 1.80 bits per heavy atom. The van der Waals surface area contributed by atoms with E-state index in [-0.39, 0.29) is 17.1 Å². The molecule has 1 fully saturated rings. The topological polar surface area (TPSA) is 37.1 Å². The third-order valence-electron chi connectivity index (χ3n) is 3.77. The number of carbonyl (C=O) groups is 2. The minimum atomic E-state index is 0.0261. The first-order valence-electron chi connectivity index (χ1n) is 7.21. The van der Waals surface area contributed by atoms with E-state index < -0.39 is 0 Å². The molecule has 108 valence electrons. The first kappa shape index (κ1) is 14.8. The molecule has 0 N–H and O–H groups in total. The Bertz CT molecular complexity index is 536. The van der Waals surface area contributed by atoms with Crippen LogP contribution in [0.2, 0.25) is 0 Å². The molecule has 1 amide bonds. The third-order valence-corrected chi connectivity index (χ3v) is 3.77. The summed E-state index contributed by atoms with van der Waals surface area (Å²) in [6.07, 6.45) is 0.641. The van der Waals surface area contributed by atoms with E-state index in [1.807, 2.05) is 19.1 Å². The Morgan fingerprint density at radius 3 is 2.35 bits per heavy atom. The highest BCUT2D eigenvalue weighted by Gasteiger charge is 2.24. The monoisotopic (exact) mass is 273 g/mol. The summed E-state index contributed by atoms with van der Waals surface area (Å²) in [5.74, 6) is 0.173. The molecule has 1 aromatic rings. The summed E-state index contributed by atoms with van der Waals surface area (Å²) in [5, 5.41) is 0. The second kappa shape index (κ2) is 5.39. The number of Topliss-reactive ketones (excluding diaryl/α,β-unsaturated/α-hetero) is 1. The summed E-state index contributed by atoms with van der Waals surface area (Å²) >= 11 is 0. The molecule has 0 spiro atoms. The average molecular weight is 273 g/mol. The summed E-state index contributed by atoms with van der Waals surface area (Å²) in [6.45, 7) is 10.1. The lowest BCUT2D eigenvalue weighted by atomic mass is 9.84. The van der Waals surface area contributed by atoms with Crippen molar-refractivity contribution in [1.82, 2.24) is 4.90 Å². The number of hydrogen-bond donors (Lipinski definition) is 0. The highest BCUT2D eigenvalue weighted by atomic mass is 16.2. The van der Waals surface area contributed by atoms with Gasteiger partial charge in [0.2, 0.25) is 5.91 Å². The second-order valence-corrected chi connectivity index (χ2v) is 6.58. The van der Waals surface area contributed by atoms with Gasteiger partial charge in [-0.2, -0.15) is 0 Å². The second-order valence-electron chi connectivity index (χ2n) is 6.58. The third kappa shape index (κ3) is 3.47. The van der Waals surface area contributed by atoms with Crippen molar-refractivity contribution in [3.63, 3.8) is 0 Å². The first-order chi connectivity index (χ1) is 9.29. The fraction of sp³-hybridized carbons (Fsp3) is 0.529. The van der Waals surface area contributed by atoms with Crippen LogP contribution in [0.25, 0.3) is 0 Å². The van der Waals surface area contributed by atoms with Gasteiger partial charge >= 0.3 is 0 Å². The molecule has 1 saturated heterocycles. The van der Waals surface area contributed by atoms with Crippen LogP contribution in [0.5, 0.6) is 0 Å². The van der Waals surface area contributed by atoms with Crippen LogP contribution in [0.1, 0.15) is 55.1 Å². The zero-order valence-corrected chi connectivity index (χ0v) is 12.8. The number of aryl methyl sites for hydroxylation is 1. The SMILES string of the molecule is Cc1ccc(C(C)(C)C)cc1C(=O)CCC(=O)N1CC1. The summed E-state index contributed by atoms with van der Waals surface area (Å²) in [7, 11) is 0. The predicted molar refractivity (Wildman–Crippen MR) is 80.0 cm³/mol. The van der Waals surface area contributed by atoms with Crippen LogP contribution >= 0.6 is 0 Å². The Hall–Kier alpha value is -1.64. The molecular weight excluding hydrogens is 250 g/mol. The van der Waals surface area contributed by atoms with Crippen molar-refractivity contribution in [2.45, 2.75) is 46.0 Å². The molecule has 0 aromatic heterocycles. The maximum absolute atomic E-state index is 12.3. The number of benzene rings is 1. The minimum Gasteiger partial charge on any atom is -0.339 e. The maximum atomic E-state index is 12.3. The van der Waals surface area contributed by atoms with E-state index in [2.05, 4.69) is 26.8 Å². The van der Waals surface area contributed by atoms with Crippen molar-refractivity contribution >= 4 is 11.7 Å². The van der Waals surface area contributed by atoms with E-state index in [1.54, 1.807) is 4.90 Å². The number of amides is 1. The van der Waals surface area contributed by atoms with Crippen LogP contribution in [0.4, 0.5) is 0 Å². The maximum Gasteiger partial charge on any atom is 0.223 e. The molecule has 0 radical (unpaired) electrons. The van der Waals surface area contributed by atoms with Gasteiger partial charge < -0.3 is 4.90 Å². The van der Waals surface area contributed by atoms with Crippen LogP contribution in [0.15, 0.2) is 18.2 Å². The van der Waals surface area contributed by atoms with Crippen molar-refractivity contribution in [3.05, 3.63) is 34.9 Å². The molecule has 3 nitrogen and oxygen atoms in total. The molecule has 1 aromatic carbocycles. The summed E-state index contributed by atoms with van der Waals surface area (Å²) in [5.41, 5.74) is 2.93. The van der Waals surface area contributed by atoms with Crippen molar-refractivity contribution in [2.24, 2.45) is 0 Å². The van der Waals surface area contributed by atoms with Crippen molar-refractivity contribution in [1.29, 1.82) is 0 Å². The molecule has 0 bridgehead atoms. The van der Waals surface area contributed by atoms with Crippen molar-refractivity contribution in [2.75, 3.05) is 13.1 Å². The zero-order chi connectivity index (χ0) is 14.9. The Morgan fingerprint density at radius 1 is 1.15 bits per heavy atom. The summed E-state index contributed by atoms with van der Waals surface area (Å²) in [4.78, 5) is 25.7. The van der Waals surface area contributed by atoms with E-state index in [0.29, 0.717) is 12.8 Å². The van der Waals surface area contributed by atoms with Gasteiger partial charge in [-0.15, -0.1) is 0 Å². The van der Waals surface area contributed by atoms with E-state index in [9.17, 15) is 9.59 Å². The largest absolute Gasteiger partial charge is 0.339 e. The minimum absolute atomic E-state index is 0.0261. The van der Waals surface area contributed by atoms with Gasteiger partial charge in [0.1, 0.15) is 0 Å². The normalized spacial score (nSPS) is 14.3. The van der Waals surface area contributed by atoms with E-state index >= 15 is 0 Å². The van der Waals surface area contributed by atoms with Crippen LogP contribution in [-0.2, 0) is 10.2 Å². The summed E-state index contributed by atoms with van der Waals surface area (Å²) in [6, 6.07) is 6.06. The Kier molecular flexibility index (Phi) is 3.98. The molecule has 2 rings (SSSR count). The molecule has 0 aliphatic carbocycles. The number of hydrogen-bond acceptors (Lipinski definition) is 2. The number of rotatable bonds is 4. The molecule has 20 heavy (non-hydrogen) atoms. The summed E-state index contributed by atoms with van der Waals surface area (Å²) < 4.78 is 0. The van der Waals surface area contributed by atoms with Gasteiger partial charge in [0, 0.05) is 31.5 Å². The van der Waals surface area contributed by atoms with Gasteiger partial charge in [-0.25, -0.2) is 0 Å². The average Bonchev–Trinajstić information content (AvgIpc) is 3.18. The molecule has 1 aliphatic heterocycles. The molecular formula is C17H23NO2. The quantitative estimate of drug-likeness (QED) is 0.624. The lowest BCUT2D eigenvalue weighted by Crippen LogP contribution is -2.15. The first-order valence-corrected chi connectivity index (χ1v) is 7.21. The zero-order valence-electron chi connectivity index (χ0n) is 12.8. The number of ketones is 1. The van der Waals surface area contributed by atoms with Crippen LogP contribution in [0, 0.1) is 6.92 Å². The Balaban J connectivity index is 2.10. The predicted octanol–water partition coefficient (Wildman–Crippen LogP) is 3.10. The van der Waals surface area contributed by atoms with Crippen LogP contribution in [0.3, 0.4) is 0 Å². The molecule has 1 aliphatic rings. The fourth-order valence-corrected chi connectivity index (χ4v) is 2.20. The smallest absolute Gasteiger partial charge is 0.223 e. The van der Waals surface area contributed by atoms with Gasteiger partial charge in [-0.1, -0.05) is 32.9 Å². The van der Waals surface area contributed by atoms with Gasteiger partial charge in [-0.05, 0) is 29.5 Å². The lowest BCUT2D eigenvalue weighted by molar-refractivity contribution is -0.125. The standard InChI is InChI=1S/C17H23NO2/c1-12-5-6-13(17(2,3)4)11-14(12)15(19)7-8-16(20)18-9-10-18/h5-6,11H,7-10H2,1-4H3. The van der Waals surface area contributed by atoms with E-state index in [4.69, 9.17) is 0 Å². The van der Waals surface area contributed by atoms with Crippen molar-refractivity contribution < 1.29 is 9.59 Å².